The third-order valence-corrected chi connectivity index (χ3v) is 4.26. The van der Waals surface area contributed by atoms with Crippen molar-refractivity contribution in [3.05, 3.63) is 101 Å². The Hall–Kier alpha value is -3.87. The molecule has 0 saturated heterocycles. The van der Waals surface area contributed by atoms with Gasteiger partial charge in [-0.2, -0.15) is 0 Å². The zero-order valence-electron chi connectivity index (χ0n) is 16.0. The van der Waals surface area contributed by atoms with E-state index in [-0.39, 0.29) is 31.0 Å². The molecule has 0 radical (unpaired) electrons. The van der Waals surface area contributed by atoms with Crippen LogP contribution in [0, 0.1) is 5.82 Å². The molecule has 0 bridgehead atoms. The summed E-state index contributed by atoms with van der Waals surface area (Å²) >= 11 is 0. The number of benzene rings is 2. The summed E-state index contributed by atoms with van der Waals surface area (Å²) < 4.78 is 18.2. The second kappa shape index (κ2) is 10.1. The molecule has 0 saturated carbocycles. The molecule has 1 N–H and O–H groups in total. The number of hydrogen-bond acceptors (Lipinski definition) is 5. The van der Waals surface area contributed by atoms with Gasteiger partial charge >= 0.3 is 5.97 Å². The van der Waals surface area contributed by atoms with Gasteiger partial charge in [-0.15, -0.1) is 0 Å². The lowest BCUT2D eigenvalue weighted by molar-refractivity contribution is -0.143. The molecule has 1 amide bonds. The maximum absolute atomic E-state index is 13.0. The van der Waals surface area contributed by atoms with Gasteiger partial charge in [0.1, 0.15) is 24.7 Å². The van der Waals surface area contributed by atoms with Crippen LogP contribution in [0.4, 0.5) is 4.39 Å². The number of hydrogen-bond donors (Lipinski definition) is 1. The van der Waals surface area contributed by atoms with Gasteiger partial charge < -0.3 is 10.1 Å². The fraction of sp³-hybridized carbons (Fsp3) is 0.130. The highest BCUT2D eigenvalue weighted by atomic mass is 19.1. The molecule has 6 nitrogen and oxygen atoms in total. The predicted octanol–water partition coefficient (Wildman–Crippen LogP) is 3.12. The molecule has 0 aliphatic rings. The van der Waals surface area contributed by atoms with E-state index in [4.69, 9.17) is 4.74 Å². The predicted molar refractivity (Wildman–Crippen MR) is 107 cm³/mol. The molecule has 0 fully saturated rings. The summed E-state index contributed by atoms with van der Waals surface area (Å²) in [7, 11) is 0. The molecule has 0 aliphatic carbocycles. The van der Waals surface area contributed by atoms with E-state index in [0.29, 0.717) is 11.1 Å². The lowest BCUT2D eigenvalue weighted by Gasteiger charge is -2.09. The van der Waals surface area contributed by atoms with Crippen LogP contribution in [0.2, 0.25) is 0 Å². The second-order valence-electron chi connectivity index (χ2n) is 6.45. The molecule has 2 aromatic carbocycles. The highest BCUT2D eigenvalue weighted by molar-refractivity contribution is 6.01. The Bertz CT molecular complexity index is 1040. The van der Waals surface area contributed by atoms with Crippen LogP contribution in [0.15, 0.2) is 72.9 Å². The van der Waals surface area contributed by atoms with Gasteiger partial charge in [-0.1, -0.05) is 36.4 Å². The van der Waals surface area contributed by atoms with Crippen LogP contribution >= 0.6 is 0 Å². The summed E-state index contributed by atoms with van der Waals surface area (Å²) in [5.41, 5.74) is 1.62. The van der Waals surface area contributed by atoms with Crippen molar-refractivity contribution >= 4 is 17.7 Å². The molecule has 1 aromatic heterocycles. The van der Waals surface area contributed by atoms with E-state index in [0.717, 1.165) is 5.56 Å². The normalized spacial score (nSPS) is 10.3. The van der Waals surface area contributed by atoms with E-state index in [9.17, 15) is 18.8 Å². The Morgan fingerprint density at radius 2 is 1.67 bits per heavy atom. The average molecular weight is 406 g/mol. The van der Waals surface area contributed by atoms with Gasteiger partial charge in [-0.25, -0.2) is 4.39 Å². The molecule has 3 aromatic rings. The Kier molecular flexibility index (Phi) is 7.00. The number of nitrogens with one attached hydrogen (secondary N) is 1. The van der Waals surface area contributed by atoms with E-state index in [1.807, 2.05) is 30.3 Å². The molecular weight excluding hydrogens is 387 g/mol. The number of Topliss-reactive ketones (excluding diaryl/α,β-unsaturated/α-hetero) is 1. The molecule has 0 aliphatic heterocycles. The molecule has 0 atom stereocenters. The Balaban J connectivity index is 1.57. The molecule has 7 heteroatoms. The first-order valence-corrected chi connectivity index (χ1v) is 9.23. The van der Waals surface area contributed by atoms with Crippen molar-refractivity contribution in [3.63, 3.8) is 0 Å². The van der Waals surface area contributed by atoms with Gasteiger partial charge in [0, 0.05) is 18.2 Å². The standard InChI is InChI=1S/C23H19FN2O4/c24-19-10-8-17(9-11-19)20(27)13-18-7-4-12-25-22(18)23(29)26-14-21(28)30-15-16-5-2-1-3-6-16/h1-12H,13-15H2,(H,26,29). The summed E-state index contributed by atoms with van der Waals surface area (Å²) in [5, 5.41) is 2.46. The summed E-state index contributed by atoms with van der Waals surface area (Å²) in [5.74, 6) is -1.90. The molecule has 1 heterocycles. The second-order valence-corrected chi connectivity index (χ2v) is 6.45. The number of rotatable bonds is 8. The molecule has 30 heavy (non-hydrogen) atoms. The van der Waals surface area contributed by atoms with E-state index >= 15 is 0 Å². The van der Waals surface area contributed by atoms with Gasteiger partial charge in [-0.3, -0.25) is 19.4 Å². The van der Waals surface area contributed by atoms with Crippen LogP contribution in [0.5, 0.6) is 0 Å². The smallest absolute Gasteiger partial charge is 0.325 e. The summed E-state index contributed by atoms with van der Waals surface area (Å²) in [4.78, 5) is 40.8. The SMILES string of the molecule is O=C(CNC(=O)c1ncccc1CC(=O)c1ccc(F)cc1)OCc1ccccc1. The highest BCUT2D eigenvalue weighted by Crippen LogP contribution is 2.12. The van der Waals surface area contributed by atoms with Gasteiger partial charge in [-0.05, 0) is 41.5 Å². The first-order chi connectivity index (χ1) is 14.5. The van der Waals surface area contributed by atoms with Crippen molar-refractivity contribution in [1.29, 1.82) is 0 Å². The Morgan fingerprint density at radius 3 is 2.40 bits per heavy atom. The summed E-state index contributed by atoms with van der Waals surface area (Å²) in [6.45, 7) is -0.218. The Morgan fingerprint density at radius 1 is 0.933 bits per heavy atom. The number of ketones is 1. The third kappa shape index (κ3) is 5.81. The number of carbonyl (C=O) groups is 3. The number of aromatic nitrogens is 1. The third-order valence-electron chi connectivity index (χ3n) is 4.26. The minimum absolute atomic E-state index is 0.0452. The monoisotopic (exact) mass is 406 g/mol. The van der Waals surface area contributed by atoms with Gasteiger partial charge in [0.2, 0.25) is 0 Å². The van der Waals surface area contributed by atoms with Crippen molar-refractivity contribution in [2.75, 3.05) is 6.54 Å². The zero-order chi connectivity index (χ0) is 21.3. The number of halogens is 1. The van der Waals surface area contributed by atoms with E-state index in [1.165, 1.54) is 30.5 Å². The van der Waals surface area contributed by atoms with Crippen LogP contribution in [-0.4, -0.2) is 29.2 Å². The van der Waals surface area contributed by atoms with Crippen molar-refractivity contribution in [2.24, 2.45) is 0 Å². The maximum Gasteiger partial charge on any atom is 0.325 e. The minimum atomic E-state index is -0.591. The maximum atomic E-state index is 13.0. The average Bonchev–Trinajstić information content (AvgIpc) is 2.77. The van der Waals surface area contributed by atoms with Gasteiger partial charge in [0.15, 0.2) is 5.78 Å². The number of carbonyl (C=O) groups excluding carboxylic acids is 3. The van der Waals surface area contributed by atoms with Gasteiger partial charge in [0.25, 0.3) is 5.91 Å². The number of pyridine rings is 1. The summed E-state index contributed by atoms with van der Waals surface area (Å²) in [6, 6.07) is 17.6. The lowest BCUT2D eigenvalue weighted by atomic mass is 10.0. The molecule has 3 rings (SSSR count). The van der Waals surface area contributed by atoms with Crippen LogP contribution in [0.3, 0.4) is 0 Å². The summed E-state index contributed by atoms with van der Waals surface area (Å²) in [6.07, 6.45) is 1.34. The van der Waals surface area contributed by atoms with Crippen LogP contribution in [-0.2, 0) is 22.6 Å². The van der Waals surface area contributed by atoms with E-state index in [2.05, 4.69) is 10.3 Å². The first kappa shape index (κ1) is 20.9. The van der Waals surface area contributed by atoms with Crippen molar-refractivity contribution < 1.29 is 23.5 Å². The molecule has 152 valence electrons. The van der Waals surface area contributed by atoms with Crippen LogP contribution in [0.1, 0.15) is 32.0 Å². The fourth-order valence-electron chi connectivity index (χ4n) is 2.72. The quantitative estimate of drug-likeness (QED) is 0.459. The molecule has 0 unspecified atom stereocenters. The van der Waals surface area contributed by atoms with E-state index in [1.54, 1.807) is 12.1 Å². The zero-order valence-corrected chi connectivity index (χ0v) is 16.0. The lowest BCUT2D eigenvalue weighted by Crippen LogP contribution is -2.32. The number of nitrogens with zero attached hydrogens (tertiary/aromatic N) is 1. The number of esters is 1. The number of amides is 1. The van der Waals surface area contributed by atoms with Crippen molar-refractivity contribution in [3.8, 4) is 0 Å². The van der Waals surface area contributed by atoms with E-state index < -0.39 is 17.7 Å². The first-order valence-electron chi connectivity index (χ1n) is 9.23. The van der Waals surface area contributed by atoms with Crippen molar-refractivity contribution in [1.82, 2.24) is 10.3 Å². The minimum Gasteiger partial charge on any atom is -0.460 e. The topological polar surface area (TPSA) is 85.4 Å². The highest BCUT2D eigenvalue weighted by Gasteiger charge is 2.17. The largest absolute Gasteiger partial charge is 0.460 e. The van der Waals surface area contributed by atoms with Gasteiger partial charge in [0.05, 0.1) is 0 Å². The van der Waals surface area contributed by atoms with Crippen LogP contribution < -0.4 is 5.32 Å². The Labute approximate surface area is 172 Å². The van der Waals surface area contributed by atoms with Crippen molar-refractivity contribution in [2.45, 2.75) is 13.0 Å². The fourth-order valence-corrected chi connectivity index (χ4v) is 2.72. The number of ether oxygens (including phenoxy) is 1. The molecular formula is C23H19FN2O4. The molecule has 0 spiro atoms. The van der Waals surface area contributed by atoms with Crippen LogP contribution in [0.25, 0.3) is 0 Å².